The Balaban J connectivity index is 1.38. The summed E-state index contributed by atoms with van der Waals surface area (Å²) in [4.78, 5) is 41.1. The van der Waals surface area contributed by atoms with Gasteiger partial charge in [-0.15, -0.1) is 0 Å². The van der Waals surface area contributed by atoms with Crippen molar-refractivity contribution >= 4 is 34.9 Å². The van der Waals surface area contributed by atoms with Crippen LogP contribution in [0.5, 0.6) is 17.2 Å². The maximum Gasteiger partial charge on any atom is 0.293 e. The highest BCUT2D eigenvalue weighted by molar-refractivity contribution is 8.18. The second-order valence-electron chi connectivity index (χ2n) is 8.87. The lowest BCUT2D eigenvalue weighted by atomic mass is 10.1. The Morgan fingerprint density at radius 1 is 1.00 bits per heavy atom. The van der Waals surface area contributed by atoms with Crippen LogP contribution in [0.1, 0.15) is 23.6 Å². The van der Waals surface area contributed by atoms with E-state index in [9.17, 15) is 14.4 Å². The summed E-state index contributed by atoms with van der Waals surface area (Å²) in [5.41, 5.74) is 2.75. The Labute approximate surface area is 226 Å². The van der Waals surface area contributed by atoms with Gasteiger partial charge in [-0.25, -0.2) is 0 Å². The number of amides is 3. The normalized spacial score (nSPS) is 16.8. The first-order valence-corrected chi connectivity index (χ1v) is 13.4. The molecule has 9 nitrogen and oxygen atoms in total. The molecule has 2 fully saturated rings. The van der Waals surface area contributed by atoms with Crippen LogP contribution in [0.15, 0.2) is 41.3 Å². The fourth-order valence-electron chi connectivity index (χ4n) is 4.00. The molecular weight excluding hydrogens is 508 g/mol. The molecule has 0 spiro atoms. The van der Waals surface area contributed by atoms with Crippen LogP contribution in [0.2, 0.25) is 0 Å². The van der Waals surface area contributed by atoms with E-state index in [2.05, 4.69) is 0 Å². The Morgan fingerprint density at radius 2 is 1.79 bits per heavy atom. The predicted octanol–water partition coefficient (Wildman–Crippen LogP) is 4.06. The van der Waals surface area contributed by atoms with Gasteiger partial charge in [0.15, 0.2) is 18.1 Å². The molecule has 0 atom stereocenters. The van der Waals surface area contributed by atoms with Crippen LogP contribution in [0, 0.1) is 13.8 Å². The minimum absolute atomic E-state index is 0.109. The highest BCUT2D eigenvalue weighted by atomic mass is 32.2. The largest absolute Gasteiger partial charge is 0.491 e. The number of benzene rings is 2. The van der Waals surface area contributed by atoms with Crippen molar-refractivity contribution in [2.24, 2.45) is 0 Å². The van der Waals surface area contributed by atoms with Crippen LogP contribution < -0.4 is 14.2 Å². The maximum absolute atomic E-state index is 12.9. The van der Waals surface area contributed by atoms with Crippen molar-refractivity contribution in [2.45, 2.75) is 20.8 Å². The van der Waals surface area contributed by atoms with Crippen LogP contribution in [0.25, 0.3) is 6.08 Å². The van der Waals surface area contributed by atoms with E-state index >= 15 is 0 Å². The summed E-state index contributed by atoms with van der Waals surface area (Å²) in [7, 11) is 0. The fraction of sp³-hybridized carbons (Fsp3) is 0.393. The molecule has 0 N–H and O–H groups in total. The first kappa shape index (κ1) is 27.5. The molecule has 10 heteroatoms. The summed E-state index contributed by atoms with van der Waals surface area (Å²) < 4.78 is 22.6. The molecule has 3 amide bonds. The lowest BCUT2D eigenvalue weighted by Crippen LogP contribution is -2.43. The third kappa shape index (κ3) is 6.87. The molecule has 2 aliphatic rings. The third-order valence-electron chi connectivity index (χ3n) is 6.07. The molecule has 2 aromatic rings. The maximum atomic E-state index is 12.9. The Hall–Kier alpha value is -3.50. The summed E-state index contributed by atoms with van der Waals surface area (Å²) >= 11 is 0.892. The van der Waals surface area contributed by atoms with E-state index in [4.69, 9.17) is 18.9 Å². The minimum Gasteiger partial charge on any atom is -0.491 e. The van der Waals surface area contributed by atoms with Crippen LogP contribution in [0.4, 0.5) is 4.79 Å². The smallest absolute Gasteiger partial charge is 0.293 e. The number of imide groups is 1. The van der Waals surface area contributed by atoms with E-state index in [0.29, 0.717) is 54.9 Å². The summed E-state index contributed by atoms with van der Waals surface area (Å²) in [5.74, 6) is 1.15. The lowest BCUT2D eigenvalue weighted by molar-refractivity contribution is -0.137. The first-order valence-electron chi connectivity index (χ1n) is 12.6. The first-order chi connectivity index (χ1) is 18.4. The number of carbonyl (C=O) groups excluding carboxylic acids is 3. The predicted molar refractivity (Wildman–Crippen MR) is 145 cm³/mol. The Kier molecular flexibility index (Phi) is 9.30. The van der Waals surface area contributed by atoms with Gasteiger partial charge in [0.25, 0.3) is 17.1 Å². The number of hydrogen-bond donors (Lipinski definition) is 0. The number of nitrogens with zero attached hydrogens (tertiary/aromatic N) is 2. The van der Waals surface area contributed by atoms with Crippen LogP contribution in [-0.4, -0.2) is 79.5 Å². The molecule has 0 aromatic heterocycles. The Morgan fingerprint density at radius 3 is 2.55 bits per heavy atom. The number of carbonyl (C=O) groups is 3. The SMILES string of the molecule is CCOc1cc(/C=C2\SC(=O)N(CCOc3cc(C)ccc3C)C2=O)ccc1OCC(=O)N1CCOCC1. The lowest BCUT2D eigenvalue weighted by Gasteiger charge is -2.26. The standard InChI is InChI=1S/C28H32N2O7S/c1-4-35-24-16-21(7-8-22(24)37-18-26(31)29-9-12-34-13-10-29)17-25-27(32)30(28(33)38-25)11-14-36-23-15-19(2)5-6-20(23)3/h5-8,15-17H,4,9-14,18H2,1-3H3/b25-17-. The molecule has 2 heterocycles. The van der Waals surface area contributed by atoms with Gasteiger partial charge in [0.05, 0.1) is 31.3 Å². The van der Waals surface area contributed by atoms with Gasteiger partial charge in [-0.2, -0.15) is 0 Å². The van der Waals surface area contributed by atoms with E-state index < -0.39 is 0 Å². The van der Waals surface area contributed by atoms with Gasteiger partial charge in [-0.3, -0.25) is 19.3 Å². The quantitative estimate of drug-likeness (QED) is 0.417. The van der Waals surface area contributed by atoms with Gasteiger partial charge in [-0.1, -0.05) is 18.2 Å². The van der Waals surface area contributed by atoms with Crippen LogP contribution in [-0.2, 0) is 14.3 Å². The molecule has 202 valence electrons. The second-order valence-corrected chi connectivity index (χ2v) is 9.86. The molecule has 38 heavy (non-hydrogen) atoms. The van der Waals surface area contributed by atoms with Gasteiger partial charge in [0, 0.05) is 13.1 Å². The van der Waals surface area contributed by atoms with E-state index in [1.807, 2.05) is 39.0 Å². The summed E-state index contributed by atoms with van der Waals surface area (Å²) in [5, 5.41) is -0.336. The number of rotatable bonds is 10. The fourth-order valence-corrected chi connectivity index (χ4v) is 4.86. The van der Waals surface area contributed by atoms with Crippen molar-refractivity contribution < 1.29 is 33.3 Å². The number of thioether (sulfide) groups is 1. The molecule has 2 aromatic carbocycles. The van der Waals surface area contributed by atoms with Crippen molar-refractivity contribution in [3.63, 3.8) is 0 Å². The topological polar surface area (TPSA) is 94.6 Å². The third-order valence-corrected chi connectivity index (χ3v) is 6.98. The Bertz CT molecular complexity index is 1220. The molecule has 0 aliphatic carbocycles. The van der Waals surface area contributed by atoms with Gasteiger partial charge >= 0.3 is 0 Å². The van der Waals surface area contributed by atoms with Gasteiger partial charge in [0.2, 0.25) is 0 Å². The summed E-state index contributed by atoms with van der Waals surface area (Å²) in [6.45, 7) is 8.57. The molecule has 0 unspecified atom stereocenters. The van der Waals surface area contributed by atoms with E-state index in [-0.39, 0.29) is 36.8 Å². The van der Waals surface area contributed by atoms with Crippen molar-refractivity contribution in [1.82, 2.24) is 9.80 Å². The minimum atomic E-state index is -0.362. The molecular formula is C28H32N2O7S. The number of hydrogen-bond acceptors (Lipinski definition) is 8. The van der Waals surface area contributed by atoms with Gasteiger partial charge in [-0.05, 0) is 73.5 Å². The van der Waals surface area contributed by atoms with Gasteiger partial charge < -0.3 is 23.8 Å². The zero-order valence-corrected chi connectivity index (χ0v) is 22.7. The zero-order valence-electron chi connectivity index (χ0n) is 21.9. The van der Waals surface area contributed by atoms with Crippen molar-refractivity contribution in [3.8, 4) is 17.2 Å². The molecule has 2 aliphatic heterocycles. The molecule has 0 bridgehead atoms. The molecule has 0 radical (unpaired) electrons. The number of ether oxygens (including phenoxy) is 4. The highest BCUT2D eigenvalue weighted by Crippen LogP contribution is 2.34. The molecule has 4 rings (SSSR count). The van der Waals surface area contributed by atoms with Crippen molar-refractivity contribution in [2.75, 3.05) is 52.7 Å². The van der Waals surface area contributed by atoms with Gasteiger partial charge in [0.1, 0.15) is 12.4 Å². The van der Waals surface area contributed by atoms with E-state index in [1.165, 1.54) is 4.90 Å². The van der Waals surface area contributed by atoms with E-state index in [1.54, 1.807) is 29.2 Å². The monoisotopic (exact) mass is 540 g/mol. The molecule has 2 saturated heterocycles. The van der Waals surface area contributed by atoms with Crippen LogP contribution in [0.3, 0.4) is 0 Å². The molecule has 0 saturated carbocycles. The summed E-state index contributed by atoms with van der Waals surface area (Å²) in [6.07, 6.45) is 1.65. The number of aryl methyl sites for hydroxylation is 2. The van der Waals surface area contributed by atoms with Crippen LogP contribution >= 0.6 is 11.8 Å². The van der Waals surface area contributed by atoms with E-state index in [0.717, 1.165) is 28.6 Å². The second kappa shape index (κ2) is 12.8. The zero-order chi connectivity index (χ0) is 27.1. The highest BCUT2D eigenvalue weighted by Gasteiger charge is 2.35. The average Bonchev–Trinajstić information content (AvgIpc) is 3.18. The number of morpholine rings is 1. The van der Waals surface area contributed by atoms with Crippen molar-refractivity contribution in [1.29, 1.82) is 0 Å². The summed E-state index contributed by atoms with van der Waals surface area (Å²) in [6, 6.07) is 11.1. The van der Waals surface area contributed by atoms with Crippen molar-refractivity contribution in [3.05, 3.63) is 58.0 Å². The average molecular weight is 541 g/mol.